The van der Waals surface area contributed by atoms with E-state index < -0.39 is 0 Å². The summed E-state index contributed by atoms with van der Waals surface area (Å²) in [4.78, 5) is 20.2. The van der Waals surface area contributed by atoms with E-state index in [-0.39, 0.29) is 24.0 Å². The lowest BCUT2D eigenvalue weighted by Crippen LogP contribution is -2.30. The van der Waals surface area contributed by atoms with Gasteiger partial charge in [-0.25, -0.2) is 0 Å². The molecule has 29 heavy (non-hydrogen) atoms. The van der Waals surface area contributed by atoms with Gasteiger partial charge in [-0.3, -0.25) is 9.36 Å². The normalized spacial score (nSPS) is 23.1. The van der Waals surface area contributed by atoms with Gasteiger partial charge in [0, 0.05) is 26.1 Å². The summed E-state index contributed by atoms with van der Waals surface area (Å²) in [6.07, 6.45) is 6.96. The minimum Gasteiger partial charge on any atom is -0.474 e. The number of primary amides is 1. The molecule has 158 valence electrons. The van der Waals surface area contributed by atoms with Crippen LogP contribution >= 0.6 is 0 Å². The zero-order valence-electron chi connectivity index (χ0n) is 17.2. The van der Waals surface area contributed by atoms with Crippen LogP contribution in [0.1, 0.15) is 51.9 Å². The minimum atomic E-state index is -0.277. The van der Waals surface area contributed by atoms with Crippen molar-refractivity contribution in [3.8, 4) is 11.9 Å². The number of nitrogens with two attached hydrogens (primary N) is 1. The van der Waals surface area contributed by atoms with E-state index in [0.717, 1.165) is 49.7 Å². The van der Waals surface area contributed by atoms with Crippen LogP contribution in [0.15, 0.2) is 12.1 Å². The summed E-state index contributed by atoms with van der Waals surface area (Å²) in [5.41, 5.74) is 6.82. The van der Waals surface area contributed by atoms with E-state index in [1.54, 1.807) is 0 Å². The molecule has 1 amide bonds. The van der Waals surface area contributed by atoms with E-state index in [2.05, 4.69) is 9.97 Å². The molecule has 2 N–H and O–H groups in total. The Labute approximate surface area is 170 Å². The van der Waals surface area contributed by atoms with Crippen LogP contribution < -0.4 is 15.2 Å². The third-order valence-corrected chi connectivity index (χ3v) is 5.52. The van der Waals surface area contributed by atoms with Crippen molar-refractivity contribution in [2.45, 2.75) is 70.2 Å². The first-order valence-corrected chi connectivity index (χ1v) is 10.5. The number of aromatic nitrogens is 3. The molecule has 0 aromatic carbocycles. The average molecular weight is 402 g/mol. The summed E-state index contributed by atoms with van der Waals surface area (Å²) in [5, 5.41) is 0. The fraction of sp³-hybridized carbons (Fsp3) is 0.667. The Bertz CT molecular complexity index is 856. The number of imidazole rings is 1. The maximum Gasteiger partial charge on any atom is 0.298 e. The van der Waals surface area contributed by atoms with Gasteiger partial charge in [0.25, 0.3) is 6.01 Å². The number of rotatable bonds is 9. The second-order valence-corrected chi connectivity index (χ2v) is 8.39. The summed E-state index contributed by atoms with van der Waals surface area (Å²) < 4.78 is 19.8. The summed E-state index contributed by atoms with van der Waals surface area (Å²) >= 11 is 0. The van der Waals surface area contributed by atoms with Gasteiger partial charge >= 0.3 is 0 Å². The van der Waals surface area contributed by atoms with Gasteiger partial charge in [0.05, 0.1) is 6.10 Å². The number of ether oxygens (including phenoxy) is 3. The maximum absolute atomic E-state index is 11.0. The number of carbonyl (C=O) groups is 1. The largest absolute Gasteiger partial charge is 0.474 e. The van der Waals surface area contributed by atoms with Crippen LogP contribution in [-0.4, -0.2) is 45.4 Å². The Morgan fingerprint density at radius 3 is 2.45 bits per heavy atom. The lowest BCUT2D eigenvalue weighted by atomic mass is 9.95. The maximum atomic E-state index is 11.0. The molecule has 8 heteroatoms. The molecule has 0 unspecified atom stereocenters. The number of pyridine rings is 1. The van der Waals surface area contributed by atoms with Crippen molar-refractivity contribution >= 4 is 17.1 Å². The first-order valence-electron chi connectivity index (χ1n) is 10.5. The molecule has 0 radical (unpaired) electrons. The van der Waals surface area contributed by atoms with Crippen molar-refractivity contribution in [1.29, 1.82) is 0 Å². The molecule has 4 rings (SSSR count). The van der Waals surface area contributed by atoms with Gasteiger partial charge in [0.15, 0.2) is 5.65 Å². The van der Waals surface area contributed by atoms with Crippen LogP contribution in [0, 0.1) is 5.92 Å². The molecule has 2 aromatic heterocycles. The van der Waals surface area contributed by atoms with Crippen molar-refractivity contribution in [2.24, 2.45) is 18.7 Å². The topological polar surface area (TPSA) is 101 Å². The summed E-state index contributed by atoms with van der Waals surface area (Å²) in [6, 6.07) is 4.40. The second kappa shape index (κ2) is 8.57. The molecular formula is C21H30N4O4. The quantitative estimate of drug-likeness (QED) is 0.692. The fourth-order valence-electron chi connectivity index (χ4n) is 3.72. The highest BCUT2D eigenvalue weighted by Crippen LogP contribution is 2.29. The summed E-state index contributed by atoms with van der Waals surface area (Å²) in [7, 11) is 1.92. The number of hydrogen-bond donors (Lipinski definition) is 1. The molecule has 2 aromatic rings. The zero-order valence-corrected chi connectivity index (χ0v) is 17.2. The Hall–Kier alpha value is -2.35. The Morgan fingerprint density at radius 2 is 1.76 bits per heavy atom. The first-order chi connectivity index (χ1) is 14.0. The molecule has 1 atom stereocenters. The van der Waals surface area contributed by atoms with Crippen LogP contribution in [-0.2, 0) is 16.6 Å². The van der Waals surface area contributed by atoms with Crippen LogP contribution in [0.25, 0.3) is 11.2 Å². The molecule has 2 aliphatic rings. The van der Waals surface area contributed by atoms with Gasteiger partial charge in [-0.2, -0.15) is 9.97 Å². The summed E-state index contributed by atoms with van der Waals surface area (Å²) in [5.74, 6) is 0.530. The third kappa shape index (κ3) is 5.18. The number of amides is 1. The van der Waals surface area contributed by atoms with Gasteiger partial charge in [-0.15, -0.1) is 0 Å². The van der Waals surface area contributed by atoms with Gasteiger partial charge < -0.3 is 19.9 Å². The number of fused-ring (bicyclic) bond motifs is 1. The second-order valence-electron chi connectivity index (χ2n) is 8.39. The third-order valence-electron chi connectivity index (χ3n) is 5.52. The molecular weight excluding hydrogens is 372 g/mol. The van der Waals surface area contributed by atoms with Gasteiger partial charge in [0.2, 0.25) is 11.8 Å². The Balaban J connectivity index is 1.29. The molecule has 0 aliphatic heterocycles. The predicted molar refractivity (Wildman–Crippen MR) is 108 cm³/mol. The van der Waals surface area contributed by atoms with Crippen LogP contribution in [0.3, 0.4) is 0 Å². The van der Waals surface area contributed by atoms with E-state index in [9.17, 15) is 4.79 Å². The van der Waals surface area contributed by atoms with Crippen molar-refractivity contribution in [3.05, 3.63) is 12.1 Å². The highest BCUT2D eigenvalue weighted by molar-refractivity contribution is 5.74. The Kier molecular flexibility index (Phi) is 5.89. The van der Waals surface area contributed by atoms with Crippen molar-refractivity contribution in [1.82, 2.24) is 14.5 Å². The highest BCUT2D eigenvalue weighted by Gasteiger charge is 2.26. The number of aryl methyl sites for hydroxylation is 1. The highest BCUT2D eigenvalue weighted by atomic mass is 16.5. The Morgan fingerprint density at radius 1 is 1.10 bits per heavy atom. The molecule has 2 aliphatic carbocycles. The number of nitrogens with zero attached hydrogens (tertiary/aromatic N) is 3. The zero-order chi connectivity index (χ0) is 20.4. The number of hydrogen-bond acceptors (Lipinski definition) is 6. The molecule has 2 heterocycles. The van der Waals surface area contributed by atoms with Crippen LogP contribution in [0.2, 0.25) is 0 Å². The molecule has 8 nitrogen and oxygen atoms in total. The molecule has 0 saturated heterocycles. The van der Waals surface area contributed by atoms with Gasteiger partial charge in [-0.05, 0) is 50.5 Å². The SMILES string of the molecule is C[C@@H](COC1CCC(Oc2nc3ccc(OC4CC4)nc3n2C)CC1)CC(N)=O. The van der Waals surface area contributed by atoms with Gasteiger partial charge in [-0.1, -0.05) is 6.92 Å². The monoisotopic (exact) mass is 402 g/mol. The summed E-state index contributed by atoms with van der Waals surface area (Å²) in [6.45, 7) is 2.56. The molecule has 0 spiro atoms. The standard InChI is InChI=1S/C21H30N4O4/c1-13(11-18(22)26)12-27-14-3-5-16(6-4-14)29-21-23-17-9-10-19(28-15-7-8-15)24-20(17)25(21)2/h9-10,13-16H,3-8,11-12H2,1-2H3,(H2,22,26)/t13-,14?,16?/m1/s1. The minimum absolute atomic E-state index is 0.121. The molecule has 0 bridgehead atoms. The average Bonchev–Trinajstić information content (AvgIpc) is 3.45. The van der Waals surface area contributed by atoms with E-state index in [1.807, 2.05) is 30.7 Å². The van der Waals surface area contributed by atoms with E-state index in [1.165, 1.54) is 0 Å². The van der Waals surface area contributed by atoms with E-state index >= 15 is 0 Å². The van der Waals surface area contributed by atoms with Crippen molar-refractivity contribution in [2.75, 3.05) is 6.61 Å². The van der Waals surface area contributed by atoms with E-state index in [4.69, 9.17) is 19.9 Å². The fourth-order valence-corrected chi connectivity index (χ4v) is 3.72. The molecule has 2 fully saturated rings. The van der Waals surface area contributed by atoms with Crippen LogP contribution in [0.4, 0.5) is 0 Å². The van der Waals surface area contributed by atoms with Crippen molar-refractivity contribution < 1.29 is 19.0 Å². The first kappa shape index (κ1) is 19.9. The molecule has 2 saturated carbocycles. The lowest BCUT2D eigenvalue weighted by molar-refractivity contribution is -0.119. The van der Waals surface area contributed by atoms with Crippen LogP contribution in [0.5, 0.6) is 11.9 Å². The van der Waals surface area contributed by atoms with Crippen molar-refractivity contribution in [3.63, 3.8) is 0 Å². The predicted octanol–water partition coefficient (Wildman–Crippen LogP) is 2.73. The smallest absolute Gasteiger partial charge is 0.298 e. The number of carbonyl (C=O) groups excluding carboxylic acids is 1. The van der Waals surface area contributed by atoms with Gasteiger partial charge in [0.1, 0.15) is 17.7 Å². The van der Waals surface area contributed by atoms with E-state index in [0.29, 0.717) is 31.0 Å². The lowest BCUT2D eigenvalue weighted by Gasteiger charge is -2.29.